The third-order valence-electron chi connectivity index (χ3n) is 3.74. The lowest BCUT2D eigenvalue weighted by Crippen LogP contribution is -2.33. The van der Waals surface area contributed by atoms with Gasteiger partial charge >= 0.3 is 0 Å². The van der Waals surface area contributed by atoms with E-state index in [1.807, 2.05) is 7.05 Å². The third-order valence-corrected chi connectivity index (χ3v) is 3.74. The molecule has 1 aliphatic rings. The summed E-state index contributed by atoms with van der Waals surface area (Å²) in [5.74, 6) is 1.71. The van der Waals surface area contributed by atoms with Crippen LogP contribution >= 0.6 is 0 Å². The van der Waals surface area contributed by atoms with Crippen LogP contribution in [0.2, 0.25) is 0 Å². The second kappa shape index (κ2) is 4.77. The lowest BCUT2D eigenvalue weighted by molar-refractivity contribution is 0.362. The van der Waals surface area contributed by atoms with Crippen LogP contribution in [-0.4, -0.2) is 27.4 Å². The van der Waals surface area contributed by atoms with E-state index in [9.17, 15) is 0 Å². The topological polar surface area (TPSA) is 42.7 Å². The first-order valence-electron chi connectivity index (χ1n) is 6.54. The number of rotatable bonds is 4. The van der Waals surface area contributed by atoms with Gasteiger partial charge in [-0.1, -0.05) is 20.8 Å². The van der Waals surface area contributed by atoms with Crippen LogP contribution in [0.1, 0.15) is 39.4 Å². The Hall–Kier alpha value is -0.900. The number of aromatic nitrogens is 3. The fourth-order valence-corrected chi connectivity index (χ4v) is 3.03. The molecule has 1 aromatic rings. The van der Waals surface area contributed by atoms with Crippen molar-refractivity contribution in [3.05, 3.63) is 12.2 Å². The summed E-state index contributed by atoms with van der Waals surface area (Å²) in [7, 11) is 1.91. The minimum atomic E-state index is 0.500. The molecule has 4 nitrogen and oxygen atoms in total. The van der Waals surface area contributed by atoms with Gasteiger partial charge in [-0.25, -0.2) is 4.98 Å². The summed E-state index contributed by atoms with van der Waals surface area (Å²) >= 11 is 0. The van der Waals surface area contributed by atoms with Crippen molar-refractivity contribution >= 4 is 0 Å². The van der Waals surface area contributed by atoms with E-state index in [-0.39, 0.29) is 0 Å². The summed E-state index contributed by atoms with van der Waals surface area (Å²) in [6, 6.07) is 0.661. The van der Waals surface area contributed by atoms with Gasteiger partial charge in [-0.15, -0.1) is 0 Å². The van der Waals surface area contributed by atoms with Gasteiger partial charge in [-0.2, -0.15) is 5.10 Å². The summed E-state index contributed by atoms with van der Waals surface area (Å²) < 4.78 is 1.76. The lowest BCUT2D eigenvalue weighted by Gasteiger charge is -2.18. The Kier molecular flexibility index (Phi) is 3.52. The van der Waals surface area contributed by atoms with Crippen molar-refractivity contribution in [1.82, 2.24) is 20.1 Å². The molecule has 2 atom stereocenters. The predicted octanol–water partition coefficient (Wildman–Crippen LogP) is 1.77. The van der Waals surface area contributed by atoms with Gasteiger partial charge in [0.25, 0.3) is 0 Å². The van der Waals surface area contributed by atoms with Crippen molar-refractivity contribution in [3.8, 4) is 0 Å². The molecular weight excluding hydrogens is 212 g/mol. The number of hydrogen-bond donors (Lipinski definition) is 1. The number of hydrogen-bond acceptors (Lipinski definition) is 3. The maximum Gasteiger partial charge on any atom is 0.151 e. The van der Waals surface area contributed by atoms with Gasteiger partial charge in [-0.3, -0.25) is 4.68 Å². The largest absolute Gasteiger partial charge is 0.313 e. The van der Waals surface area contributed by atoms with Crippen LogP contribution in [0.3, 0.4) is 0 Å². The number of nitrogens with one attached hydrogen (secondary N) is 1. The van der Waals surface area contributed by atoms with Crippen LogP contribution in [-0.2, 0) is 13.5 Å². The minimum Gasteiger partial charge on any atom is -0.313 e. The molecule has 1 saturated carbocycles. The molecule has 0 saturated heterocycles. The Bertz CT molecular complexity index is 369. The van der Waals surface area contributed by atoms with E-state index in [0.717, 1.165) is 24.7 Å². The summed E-state index contributed by atoms with van der Waals surface area (Å²) in [5, 5.41) is 7.94. The van der Waals surface area contributed by atoms with E-state index < -0.39 is 0 Å². The van der Waals surface area contributed by atoms with Gasteiger partial charge < -0.3 is 5.32 Å². The summed E-state index contributed by atoms with van der Waals surface area (Å²) in [4.78, 5) is 4.24. The molecule has 1 heterocycles. The van der Waals surface area contributed by atoms with Gasteiger partial charge in [0.15, 0.2) is 5.82 Å². The average molecular weight is 236 g/mol. The first-order valence-corrected chi connectivity index (χ1v) is 6.54. The second-order valence-corrected chi connectivity index (χ2v) is 6.19. The van der Waals surface area contributed by atoms with Gasteiger partial charge in [0, 0.05) is 26.1 Å². The van der Waals surface area contributed by atoms with E-state index in [2.05, 4.69) is 36.2 Å². The molecule has 0 radical (unpaired) electrons. The van der Waals surface area contributed by atoms with Crippen molar-refractivity contribution < 1.29 is 0 Å². The molecule has 0 bridgehead atoms. The smallest absolute Gasteiger partial charge is 0.151 e. The first kappa shape index (κ1) is 12.6. The molecule has 2 unspecified atom stereocenters. The molecule has 2 rings (SSSR count). The van der Waals surface area contributed by atoms with E-state index in [1.165, 1.54) is 12.8 Å². The van der Waals surface area contributed by atoms with Crippen molar-refractivity contribution in [2.24, 2.45) is 18.4 Å². The Morgan fingerprint density at radius 2 is 2.24 bits per heavy atom. The van der Waals surface area contributed by atoms with Gasteiger partial charge in [0.2, 0.25) is 0 Å². The molecule has 0 spiro atoms. The van der Waals surface area contributed by atoms with E-state index in [4.69, 9.17) is 0 Å². The molecule has 0 aliphatic heterocycles. The van der Waals surface area contributed by atoms with E-state index in [1.54, 1.807) is 11.0 Å². The third kappa shape index (κ3) is 3.28. The second-order valence-electron chi connectivity index (χ2n) is 6.19. The van der Waals surface area contributed by atoms with Gasteiger partial charge in [0.1, 0.15) is 6.33 Å². The average Bonchev–Trinajstić information content (AvgIpc) is 2.71. The standard InChI is InChI=1S/C13H24N4/c1-10-7-13(2,3)8-11(10)14-6-5-12-15-9-17(4)16-12/h9-11,14H,5-8H2,1-4H3. The van der Waals surface area contributed by atoms with E-state index in [0.29, 0.717) is 11.5 Å². The zero-order valence-electron chi connectivity index (χ0n) is 11.4. The summed E-state index contributed by atoms with van der Waals surface area (Å²) in [6.45, 7) is 8.07. The van der Waals surface area contributed by atoms with Crippen LogP contribution in [0.4, 0.5) is 0 Å². The fraction of sp³-hybridized carbons (Fsp3) is 0.846. The van der Waals surface area contributed by atoms with Crippen molar-refractivity contribution in [2.45, 2.75) is 46.1 Å². The maximum absolute atomic E-state index is 4.29. The summed E-state index contributed by atoms with van der Waals surface area (Å²) in [6.07, 6.45) is 5.29. The number of nitrogens with zero attached hydrogens (tertiary/aromatic N) is 3. The van der Waals surface area contributed by atoms with Crippen LogP contribution in [0.15, 0.2) is 6.33 Å². The van der Waals surface area contributed by atoms with Crippen LogP contribution < -0.4 is 5.32 Å². The SMILES string of the molecule is CC1CC(C)(C)CC1NCCc1ncn(C)n1. The molecule has 1 aliphatic carbocycles. The van der Waals surface area contributed by atoms with Gasteiger partial charge in [0.05, 0.1) is 0 Å². The quantitative estimate of drug-likeness (QED) is 0.866. The zero-order chi connectivity index (χ0) is 12.5. The fourth-order valence-electron chi connectivity index (χ4n) is 3.03. The van der Waals surface area contributed by atoms with Crippen LogP contribution in [0.25, 0.3) is 0 Å². The molecule has 1 fully saturated rings. The number of aryl methyl sites for hydroxylation is 1. The molecule has 1 aromatic heterocycles. The molecule has 17 heavy (non-hydrogen) atoms. The highest BCUT2D eigenvalue weighted by atomic mass is 15.3. The van der Waals surface area contributed by atoms with Crippen molar-refractivity contribution in [1.29, 1.82) is 0 Å². The van der Waals surface area contributed by atoms with Gasteiger partial charge in [-0.05, 0) is 24.2 Å². The van der Waals surface area contributed by atoms with Crippen LogP contribution in [0, 0.1) is 11.3 Å². The van der Waals surface area contributed by atoms with Crippen LogP contribution in [0.5, 0.6) is 0 Å². The highest BCUT2D eigenvalue weighted by Gasteiger charge is 2.36. The molecule has 0 amide bonds. The normalized spacial score (nSPS) is 27.5. The maximum atomic E-state index is 4.29. The predicted molar refractivity (Wildman–Crippen MR) is 68.7 cm³/mol. The highest BCUT2D eigenvalue weighted by molar-refractivity contribution is 4.92. The summed E-state index contributed by atoms with van der Waals surface area (Å²) in [5.41, 5.74) is 0.500. The molecule has 96 valence electrons. The first-order chi connectivity index (χ1) is 7.96. The molecule has 1 N–H and O–H groups in total. The lowest BCUT2D eigenvalue weighted by atomic mass is 9.91. The monoisotopic (exact) mass is 236 g/mol. The molecule has 0 aromatic carbocycles. The zero-order valence-corrected chi connectivity index (χ0v) is 11.4. The van der Waals surface area contributed by atoms with Crippen molar-refractivity contribution in [3.63, 3.8) is 0 Å². The molecular formula is C13H24N4. The Balaban J connectivity index is 1.76. The molecule has 4 heteroatoms. The Morgan fingerprint density at radius 3 is 2.76 bits per heavy atom. The Morgan fingerprint density at radius 1 is 1.47 bits per heavy atom. The Labute approximate surface area is 104 Å². The minimum absolute atomic E-state index is 0.500. The van der Waals surface area contributed by atoms with E-state index >= 15 is 0 Å². The highest BCUT2D eigenvalue weighted by Crippen LogP contribution is 2.40. The van der Waals surface area contributed by atoms with Crippen molar-refractivity contribution in [2.75, 3.05) is 6.54 Å².